The van der Waals surface area contributed by atoms with Crippen LogP contribution in [0.1, 0.15) is 43.0 Å². The predicted octanol–water partition coefficient (Wildman–Crippen LogP) is 8.07. The molecule has 0 aliphatic carbocycles. The number of nitrogens with zero attached hydrogens (tertiary/aromatic N) is 1. The van der Waals surface area contributed by atoms with Crippen LogP contribution in [-0.4, -0.2) is 9.97 Å². The number of hydrogen-bond acceptors (Lipinski definition) is 2. The Morgan fingerprint density at radius 2 is 1.62 bits per heavy atom. The number of para-hydroxylation sites is 1. The largest absolute Gasteiger partial charge is 0.360 e. The van der Waals surface area contributed by atoms with Crippen molar-refractivity contribution in [1.82, 2.24) is 9.97 Å². The normalized spacial score (nSPS) is 10.3. The number of rotatable bonds is 4. The molecule has 0 saturated carbocycles. The quantitative estimate of drug-likeness (QED) is 0.291. The van der Waals surface area contributed by atoms with Gasteiger partial charge in [-0.1, -0.05) is 87.5 Å². The summed E-state index contributed by atoms with van der Waals surface area (Å²) in [5.41, 5.74) is 14.6. The molecule has 0 unspecified atom stereocenters. The van der Waals surface area contributed by atoms with Gasteiger partial charge in [0.2, 0.25) is 0 Å². The summed E-state index contributed by atoms with van der Waals surface area (Å²) in [5, 5.41) is 2.34. The lowest BCUT2D eigenvalue weighted by molar-refractivity contribution is 1.06. The van der Waals surface area contributed by atoms with E-state index in [1.165, 1.54) is 22.1 Å². The minimum Gasteiger partial charge on any atom is -0.360 e. The van der Waals surface area contributed by atoms with Crippen molar-refractivity contribution in [3.63, 3.8) is 0 Å². The molecule has 5 aromatic rings. The number of aromatic nitrogens is 2. The van der Waals surface area contributed by atoms with Crippen molar-refractivity contribution < 1.29 is 0 Å². The van der Waals surface area contributed by atoms with Gasteiger partial charge in [-0.2, -0.15) is 0 Å². The summed E-state index contributed by atoms with van der Waals surface area (Å²) in [6.07, 6.45) is 5.03. The molecule has 0 bridgehead atoms. The van der Waals surface area contributed by atoms with Gasteiger partial charge in [-0.05, 0) is 54.3 Å². The summed E-state index contributed by atoms with van der Waals surface area (Å²) in [6, 6.07) is 25.1. The average molecular weight is 450 g/mol. The Labute approximate surface area is 203 Å². The SMILES string of the molecule is C=Cc1cc(-c2c[nH]c3ccc(C)cc23)nc2ccccc12.CC.CCc1ccc(CN)cc1. The van der Waals surface area contributed by atoms with E-state index in [0.29, 0.717) is 6.54 Å². The van der Waals surface area contributed by atoms with E-state index in [1.807, 2.05) is 44.3 Å². The summed E-state index contributed by atoms with van der Waals surface area (Å²) in [4.78, 5) is 8.17. The standard InChI is InChI=1S/C20H16N2.C9H13N.C2H6/c1-3-14-11-20(22-19-7-5-4-6-15(14)19)17-12-21-18-9-8-13(2)10-16(17)18;1-2-8-3-5-9(7-10)6-4-8;1-2/h3-12,21H,1H2,2H3;3-6H,2,7,10H2,1H3;1-2H3. The third-order valence-electron chi connectivity index (χ3n) is 5.75. The predicted molar refractivity (Wildman–Crippen MR) is 149 cm³/mol. The maximum absolute atomic E-state index is 5.44. The van der Waals surface area contributed by atoms with E-state index >= 15 is 0 Å². The summed E-state index contributed by atoms with van der Waals surface area (Å²) in [5.74, 6) is 0. The zero-order valence-corrected chi connectivity index (χ0v) is 20.7. The van der Waals surface area contributed by atoms with Crippen LogP contribution in [0.25, 0.3) is 39.1 Å². The lowest BCUT2D eigenvalue weighted by atomic mass is 10.0. The molecule has 3 nitrogen and oxygen atoms in total. The zero-order chi connectivity index (χ0) is 24.5. The molecule has 5 rings (SSSR count). The van der Waals surface area contributed by atoms with E-state index < -0.39 is 0 Å². The van der Waals surface area contributed by atoms with Crippen LogP contribution in [0.3, 0.4) is 0 Å². The van der Waals surface area contributed by atoms with Crippen LogP contribution in [0, 0.1) is 6.92 Å². The Balaban J connectivity index is 0.000000228. The first-order valence-corrected chi connectivity index (χ1v) is 12.0. The fourth-order valence-electron chi connectivity index (χ4n) is 3.87. The number of benzene rings is 3. The van der Waals surface area contributed by atoms with Gasteiger partial charge in [-0.3, -0.25) is 0 Å². The van der Waals surface area contributed by atoms with Gasteiger partial charge in [0, 0.05) is 34.6 Å². The Morgan fingerprint density at radius 3 is 2.29 bits per heavy atom. The van der Waals surface area contributed by atoms with Crippen LogP contribution >= 0.6 is 0 Å². The molecule has 3 N–H and O–H groups in total. The summed E-state index contributed by atoms with van der Waals surface area (Å²) in [7, 11) is 0. The highest BCUT2D eigenvalue weighted by molar-refractivity contribution is 5.98. The average Bonchev–Trinajstić information content (AvgIpc) is 3.32. The molecule has 2 heterocycles. The second-order valence-corrected chi connectivity index (χ2v) is 7.94. The van der Waals surface area contributed by atoms with Crippen LogP contribution < -0.4 is 5.73 Å². The molecule has 0 spiro atoms. The Hall–Kier alpha value is -3.69. The van der Waals surface area contributed by atoms with E-state index in [9.17, 15) is 0 Å². The van der Waals surface area contributed by atoms with Crippen molar-refractivity contribution in [2.75, 3.05) is 0 Å². The molecule has 3 aromatic carbocycles. The molecule has 0 saturated heterocycles. The molecule has 0 radical (unpaired) electrons. The number of nitrogens with two attached hydrogens (primary N) is 1. The van der Waals surface area contributed by atoms with Crippen LogP contribution in [0.5, 0.6) is 0 Å². The summed E-state index contributed by atoms with van der Waals surface area (Å²) in [6.45, 7) is 12.8. The van der Waals surface area contributed by atoms with Crippen LogP contribution in [-0.2, 0) is 13.0 Å². The van der Waals surface area contributed by atoms with Gasteiger partial charge in [0.05, 0.1) is 11.2 Å². The number of fused-ring (bicyclic) bond motifs is 2. The first-order valence-electron chi connectivity index (χ1n) is 12.0. The van der Waals surface area contributed by atoms with Gasteiger partial charge in [0.1, 0.15) is 0 Å². The molecule has 0 fully saturated rings. The molecular weight excluding hydrogens is 414 g/mol. The topological polar surface area (TPSA) is 54.7 Å². The Kier molecular flexibility index (Phi) is 8.78. The Bertz CT molecular complexity index is 1340. The van der Waals surface area contributed by atoms with Gasteiger partial charge in [-0.25, -0.2) is 4.98 Å². The van der Waals surface area contributed by atoms with Crippen molar-refractivity contribution in [2.24, 2.45) is 5.73 Å². The van der Waals surface area contributed by atoms with Gasteiger partial charge in [0.15, 0.2) is 0 Å². The van der Waals surface area contributed by atoms with Crippen molar-refractivity contribution in [3.8, 4) is 11.3 Å². The first-order chi connectivity index (χ1) is 16.6. The third-order valence-corrected chi connectivity index (χ3v) is 5.75. The third kappa shape index (κ3) is 5.62. The summed E-state index contributed by atoms with van der Waals surface area (Å²) < 4.78 is 0. The maximum Gasteiger partial charge on any atom is 0.0737 e. The molecular formula is C31H35N3. The highest BCUT2D eigenvalue weighted by Crippen LogP contribution is 2.31. The number of nitrogens with one attached hydrogen (secondary N) is 1. The molecule has 2 aromatic heterocycles. The van der Waals surface area contributed by atoms with E-state index in [-0.39, 0.29) is 0 Å². The summed E-state index contributed by atoms with van der Waals surface area (Å²) >= 11 is 0. The first kappa shape index (κ1) is 24.9. The van der Waals surface area contributed by atoms with Crippen LogP contribution in [0.15, 0.2) is 85.6 Å². The molecule has 0 atom stereocenters. The number of aryl methyl sites for hydroxylation is 2. The van der Waals surface area contributed by atoms with Gasteiger partial charge < -0.3 is 10.7 Å². The van der Waals surface area contributed by atoms with Crippen LogP contribution in [0.4, 0.5) is 0 Å². The maximum atomic E-state index is 5.44. The van der Waals surface area contributed by atoms with E-state index in [0.717, 1.165) is 39.7 Å². The van der Waals surface area contributed by atoms with Gasteiger partial charge >= 0.3 is 0 Å². The van der Waals surface area contributed by atoms with E-state index in [2.05, 4.69) is 80.0 Å². The molecule has 3 heteroatoms. The van der Waals surface area contributed by atoms with E-state index in [4.69, 9.17) is 10.7 Å². The monoisotopic (exact) mass is 449 g/mol. The number of hydrogen-bond donors (Lipinski definition) is 2. The molecule has 0 aliphatic rings. The number of H-pyrrole nitrogens is 1. The lowest BCUT2D eigenvalue weighted by Crippen LogP contribution is -1.95. The van der Waals surface area contributed by atoms with Gasteiger partial charge in [-0.15, -0.1) is 0 Å². The second kappa shape index (κ2) is 12.0. The zero-order valence-electron chi connectivity index (χ0n) is 20.7. The van der Waals surface area contributed by atoms with Gasteiger partial charge in [0.25, 0.3) is 0 Å². The number of pyridine rings is 1. The Morgan fingerprint density at radius 1 is 0.912 bits per heavy atom. The minimum atomic E-state index is 0.643. The van der Waals surface area contributed by atoms with Crippen molar-refractivity contribution in [3.05, 3.63) is 108 Å². The fraction of sp³-hybridized carbons (Fsp3) is 0.194. The molecule has 0 amide bonds. The van der Waals surface area contributed by atoms with E-state index in [1.54, 1.807) is 0 Å². The van der Waals surface area contributed by atoms with Crippen molar-refractivity contribution in [1.29, 1.82) is 0 Å². The molecule has 0 aliphatic heterocycles. The van der Waals surface area contributed by atoms with Crippen molar-refractivity contribution >= 4 is 27.9 Å². The highest BCUT2D eigenvalue weighted by Gasteiger charge is 2.10. The molecule has 34 heavy (non-hydrogen) atoms. The smallest absolute Gasteiger partial charge is 0.0737 e. The molecule has 174 valence electrons. The number of aromatic amines is 1. The lowest BCUT2D eigenvalue weighted by Gasteiger charge is -2.06. The van der Waals surface area contributed by atoms with Crippen LogP contribution in [0.2, 0.25) is 0 Å². The fourth-order valence-corrected chi connectivity index (χ4v) is 3.87. The highest BCUT2D eigenvalue weighted by atomic mass is 14.7. The minimum absolute atomic E-state index is 0.643. The second-order valence-electron chi connectivity index (χ2n) is 7.94. The van der Waals surface area contributed by atoms with Crippen molar-refractivity contribution in [2.45, 2.75) is 40.7 Å².